The Morgan fingerprint density at radius 1 is 0.560 bits per heavy atom. The molecule has 1 aromatic carbocycles. The van der Waals surface area contributed by atoms with Crippen molar-refractivity contribution in [2.24, 2.45) is 0 Å². The van der Waals surface area contributed by atoms with E-state index in [1.807, 2.05) is 24.3 Å². The number of anilines is 1. The van der Waals surface area contributed by atoms with Crippen molar-refractivity contribution in [1.82, 2.24) is 29.4 Å². The van der Waals surface area contributed by atoms with Gasteiger partial charge in [-0.3, -0.25) is 0 Å². The van der Waals surface area contributed by atoms with Crippen LogP contribution in [0, 0.1) is 0 Å². The lowest BCUT2D eigenvalue weighted by Crippen LogP contribution is -2.50. The Labute approximate surface area is 295 Å². The zero-order valence-electron chi connectivity index (χ0n) is 29.3. The van der Waals surface area contributed by atoms with Crippen LogP contribution in [0.2, 0.25) is 0 Å². The monoisotopic (exact) mass is 741 g/mol. The molecule has 18 heteroatoms. The van der Waals surface area contributed by atoms with Crippen molar-refractivity contribution in [2.45, 2.75) is 39.0 Å². The topological polar surface area (TPSA) is 188 Å². The van der Waals surface area contributed by atoms with Crippen molar-refractivity contribution in [1.29, 1.82) is 0 Å². The number of sulfone groups is 2. The fourth-order valence-corrected chi connectivity index (χ4v) is 8.48. The highest BCUT2D eigenvalue weighted by atomic mass is 32.2. The van der Waals surface area contributed by atoms with Gasteiger partial charge in [-0.2, -0.15) is 0 Å². The summed E-state index contributed by atoms with van der Waals surface area (Å²) in [5.74, 6) is 0.0614. The van der Waals surface area contributed by atoms with E-state index in [2.05, 4.69) is 26.1 Å². The molecule has 16 nitrogen and oxygen atoms in total. The molecule has 0 atom stereocenters. The number of carboxylic acid groups (broad SMARTS) is 1. The van der Waals surface area contributed by atoms with Crippen LogP contribution in [0.5, 0.6) is 0 Å². The molecule has 1 aromatic rings. The molecule has 4 aliphatic heterocycles. The third-order valence-electron chi connectivity index (χ3n) is 9.32. The van der Waals surface area contributed by atoms with Crippen molar-refractivity contribution < 1.29 is 41.1 Å². The number of benzene rings is 1. The highest BCUT2D eigenvalue weighted by molar-refractivity contribution is 7.91. The first kappa shape index (κ1) is 39.0. The van der Waals surface area contributed by atoms with Gasteiger partial charge in [-0.1, -0.05) is 32.9 Å². The Morgan fingerprint density at radius 2 is 0.920 bits per heavy atom. The van der Waals surface area contributed by atoms with Crippen LogP contribution in [-0.2, 0) is 25.1 Å². The third-order valence-corrected chi connectivity index (χ3v) is 12.5. The fourth-order valence-electron chi connectivity index (χ4n) is 6.08. The van der Waals surface area contributed by atoms with Gasteiger partial charge in [-0.15, -0.1) is 0 Å². The first-order chi connectivity index (χ1) is 23.4. The lowest BCUT2D eigenvalue weighted by molar-refractivity contribution is 0.142. The van der Waals surface area contributed by atoms with Crippen molar-refractivity contribution in [2.75, 3.05) is 107 Å². The molecule has 280 valence electrons. The van der Waals surface area contributed by atoms with Gasteiger partial charge in [-0.05, 0) is 36.0 Å². The lowest BCUT2D eigenvalue weighted by atomic mass is 9.87. The van der Waals surface area contributed by atoms with E-state index in [1.165, 1.54) is 15.4 Å². The zero-order chi connectivity index (χ0) is 36.7. The summed E-state index contributed by atoms with van der Waals surface area (Å²) >= 11 is 0. The smallest absolute Gasteiger partial charge is 0.407 e. The summed E-state index contributed by atoms with van der Waals surface area (Å²) in [5.41, 5.74) is 2.01. The first-order valence-electron chi connectivity index (χ1n) is 17.1. The number of urea groups is 3. The number of hydrogen-bond acceptors (Lipinski definition) is 8. The molecule has 5 rings (SSSR count). The van der Waals surface area contributed by atoms with Crippen molar-refractivity contribution in [3.05, 3.63) is 29.8 Å². The predicted octanol–water partition coefficient (Wildman–Crippen LogP) is 1.90. The molecule has 0 aliphatic carbocycles. The number of carbonyl (C=O) groups excluding carboxylic acids is 3. The molecule has 2 N–H and O–H groups in total. The SMILES string of the molecule is CC(C)(C)c1ccc(NC(=O)N2CCCN(C(=O)N3CCS(=O)(=O)CC3)CC2)cc1.O=C(O)N1CCCN(C(=O)N2CCS(=O)(=O)CC2)CC1. The normalized spacial score (nSPS) is 21.3. The number of nitrogens with zero attached hydrogens (tertiary/aromatic N) is 6. The maximum absolute atomic E-state index is 12.7. The van der Waals surface area contributed by atoms with Crippen molar-refractivity contribution >= 4 is 49.5 Å². The van der Waals surface area contributed by atoms with Crippen LogP contribution in [0.25, 0.3) is 0 Å². The average Bonchev–Trinajstić information content (AvgIpc) is 3.46. The van der Waals surface area contributed by atoms with Gasteiger partial charge < -0.3 is 39.8 Å². The Morgan fingerprint density at radius 3 is 1.34 bits per heavy atom. The number of hydrogen-bond donors (Lipinski definition) is 2. The van der Waals surface area contributed by atoms with Crippen molar-refractivity contribution in [3.8, 4) is 0 Å². The minimum Gasteiger partial charge on any atom is -0.465 e. The molecule has 4 heterocycles. The van der Waals surface area contributed by atoms with Gasteiger partial charge in [0.2, 0.25) is 0 Å². The molecule has 0 spiro atoms. The van der Waals surface area contributed by atoms with E-state index in [4.69, 9.17) is 5.11 Å². The average molecular weight is 742 g/mol. The Hall–Kier alpha value is -3.80. The van der Waals surface area contributed by atoms with Gasteiger partial charge in [0.15, 0.2) is 19.7 Å². The Kier molecular flexibility index (Phi) is 12.9. The van der Waals surface area contributed by atoms with Crippen LogP contribution in [0.3, 0.4) is 0 Å². The molecular formula is C32H51N7O9S2. The number of nitrogens with one attached hydrogen (secondary N) is 1. The Bertz CT molecular complexity index is 1570. The molecule has 4 saturated heterocycles. The maximum atomic E-state index is 12.7. The van der Waals surface area contributed by atoms with E-state index in [0.717, 1.165) is 5.69 Å². The van der Waals surface area contributed by atoms with Crippen LogP contribution in [0.4, 0.5) is 24.9 Å². The molecule has 7 amide bonds. The fraction of sp³-hybridized carbons (Fsp3) is 0.688. The zero-order valence-corrected chi connectivity index (χ0v) is 30.9. The van der Waals surface area contributed by atoms with Gasteiger partial charge in [-0.25, -0.2) is 36.0 Å². The van der Waals surface area contributed by atoms with Gasteiger partial charge in [0, 0.05) is 84.2 Å². The predicted molar refractivity (Wildman–Crippen MR) is 189 cm³/mol. The molecule has 4 aliphatic rings. The van der Waals surface area contributed by atoms with E-state index in [9.17, 15) is 36.0 Å². The molecule has 0 unspecified atom stereocenters. The number of amides is 7. The van der Waals surface area contributed by atoms with Crippen molar-refractivity contribution in [3.63, 3.8) is 0 Å². The standard InChI is InChI=1S/C21H32N4O4S.C11H19N3O5S/c1-21(2,3)17-5-7-18(8-6-17)22-19(26)23-9-4-10-24(12-11-23)20(27)25-13-15-30(28,29)16-14-25;15-10(13-6-8-20(18,19)9-7-13)12-2-1-3-14(5-4-12)11(16)17/h5-8H,4,9-16H2,1-3H3,(H,22,26);1-9H2,(H,16,17). The summed E-state index contributed by atoms with van der Waals surface area (Å²) < 4.78 is 45.9. The van der Waals surface area contributed by atoms with Gasteiger partial charge in [0.05, 0.1) is 23.0 Å². The molecule has 0 aromatic heterocycles. The van der Waals surface area contributed by atoms with E-state index in [0.29, 0.717) is 65.2 Å². The summed E-state index contributed by atoms with van der Waals surface area (Å²) in [4.78, 5) is 58.1. The van der Waals surface area contributed by atoms with E-state index in [-0.39, 0.29) is 72.7 Å². The van der Waals surface area contributed by atoms with Gasteiger partial charge >= 0.3 is 24.2 Å². The summed E-state index contributed by atoms with van der Waals surface area (Å²) in [5, 5.41) is 11.9. The highest BCUT2D eigenvalue weighted by Gasteiger charge is 2.31. The van der Waals surface area contributed by atoms with E-state index >= 15 is 0 Å². The lowest BCUT2D eigenvalue weighted by Gasteiger charge is -2.32. The molecule has 0 bridgehead atoms. The third kappa shape index (κ3) is 11.1. The van der Waals surface area contributed by atoms with Gasteiger partial charge in [0.1, 0.15) is 0 Å². The second-order valence-electron chi connectivity index (χ2n) is 14.0. The minimum absolute atomic E-state index is 0.00777. The second kappa shape index (κ2) is 16.5. The minimum atomic E-state index is -3.02. The number of rotatable bonds is 1. The molecule has 4 fully saturated rings. The summed E-state index contributed by atoms with van der Waals surface area (Å²) in [6.07, 6.45) is 0.321. The van der Waals surface area contributed by atoms with Crippen LogP contribution < -0.4 is 5.32 Å². The van der Waals surface area contributed by atoms with E-state index < -0.39 is 25.8 Å². The largest absolute Gasteiger partial charge is 0.465 e. The van der Waals surface area contributed by atoms with Crippen LogP contribution in [0.15, 0.2) is 24.3 Å². The quantitative estimate of drug-likeness (QED) is 0.434. The maximum Gasteiger partial charge on any atom is 0.407 e. The van der Waals surface area contributed by atoms with E-state index in [1.54, 1.807) is 19.6 Å². The highest BCUT2D eigenvalue weighted by Crippen LogP contribution is 2.24. The second-order valence-corrected chi connectivity index (χ2v) is 18.6. The number of carbonyl (C=O) groups is 4. The Balaban J connectivity index is 0.000000244. The van der Waals surface area contributed by atoms with Crippen LogP contribution in [0.1, 0.15) is 39.2 Å². The molecule has 0 radical (unpaired) electrons. The van der Waals surface area contributed by atoms with Crippen LogP contribution >= 0.6 is 0 Å². The molecule has 0 saturated carbocycles. The summed E-state index contributed by atoms with van der Waals surface area (Å²) in [7, 11) is -6.03. The molecule has 50 heavy (non-hydrogen) atoms. The van der Waals surface area contributed by atoms with Crippen LogP contribution in [-0.4, -0.2) is 177 Å². The van der Waals surface area contributed by atoms with Gasteiger partial charge in [0.25, 0.3) is 0 Å². The first-order valence-corrected chi connectivity index (χ1v) is 20.7. The summed E-state index contributed by atoms with van der Waals surface area (Å²) in [6, 6.07) is 7.38. The summed E-state index contributed by atoms with van der Waals surface area (Å²) in [6.45, 7) is 11.0. The molecular weight excluding hydrogens is 691 g/mol.